The summed E-state index contributed by atoms with van der Waals surface area (Å²) in [6.45, 7) is 1.16. The Kier molecular flexibility index (Phi) is 6.80. The van der Waals surface area contributed by atoms with E-state index in [0.29, 0.717) is 6.07 Å². The summed E-state index contributed by atoms with van der Waals surface area (Å²) in [4.78, 5) is 23.4. The Balaban J connectivity index is 2.04. The van der Waals surface area contributed by atoms with Gasteiger partial charge in [-0.15, -0.1) is 0 Å². The highest BCUT2D eigenvalue weighted by Gasteiger charge is 2.31. The highest BCUT2D eigenvalue weighted by molar-refractivity contribution is 7.91. The van der Waals surface area contributed by atoms with Crippen molar-refractivity contribution in [2.75, 3.05) is 5.32 Å². The van der Waals surface area contributed by atoms with Crippen molar-refractivity contribution in [2.24, 2.45) is 0 Å². The van der Waals surface area contributed by atoms with E-state index >= 15 is 0 Å². The van der Waals surface area contributed by atoms with E-state index in [1.54, 1.807) is 0 Å². The van der Waals surface area contributed by atoms with Gasteiger partial charge in [-0.3, -0.25) is 4.79 Å². The zero-order chi connectivity index (χ0) is 22.7. The predicted octanol–water partition coefficient (Wildman–Crippen LogP) is 3.89. The third kappa shape index (κ3) is 5.53. The maximum absolute atomic E-state index is 12.7. The van der Waals surface area contributed by atoms with Gasteiger partial charge in [0.25, 0.3) is 5.91 Å². The van der Waals surface area contributed by atoms with Gasteiger partial charge in [0.2, 0.25) is 9.84 Å². The first-order valence-corrected chi connectivity index (χ1v) is 9.68. The third-order valence-electron chi connectivity index (χ3n) is 3.76. The highest BCUT2D eigenvalue weighted by atomic mass is 32.2. The molecular weight excluding hydrogens is 437 g/mol. The summed E-state index contributed by atoms with van der Waals surface area (Å²) in [7, 11) is -4.83. The molecule has 0 fully saturated rings. The van der Waals surface area contributed by atoms with Crippen LogP contribution in [0.25, 0.3) is 0 Å². The van der Waals surface area contributed by atoms with E-state index in [1.807, 2.05) is 0 Å². The molecule has 0 saturated heterocycles. The number of alkyl halides is 5. The van der Waals surface area contributed by atoms with E-state index in [1.165, 1.54) is 6.07 Å². The molecule has 0 aromatic heterocycles. The van der Waals surface area contributed by atoms with Gasteiger partial charge in [0.05, 0.1) is 16.0 Å². The molecule has 1 atom stereocenters. The molecule has 2 aromatic carbocycles. The number of hydrogen-bond acceptors (Lipinski definition) is 5. The minimum atomic E-state index is -4.83. The molecule has 0 aliphatic rings. The lowest BCUT2D eigenvalue weighted by molar-refractivity contribution is -0.137. The van der Waals surface area contributed by atoms with Crippen LogP contribution in [0.3, 0.4) is 0 Å². The number of ether oxygens (including phenoxy) is 1. The SMILES string of the molecule is CC(OC(=O)c1ccc(S(=O)(=O)C(F)F)cc1)C(=O)Nc1cccc(C(F)(F)F)c1. The third-order valence-corrected chi connectivity index (χ3v) is 5.16. The fourth-order valence-electron chi connectivity index (χ4n) is 2.18. The summed E-state index contributed by atoms with van der Waals surface area (Å²) in [5.41, 5.74) is -1.37. The molecule has 0 radical (unpaired) electrons. The number of sulfone groups is 1. The summed E-state index contributed by atoms with van der Waals surface area (Å²) < 4.78 is 90.7. The Morgan fingerprint density at radius 3 is 2.17 bits per heavy atom. The molecule has 0 heterocycles. The fraction of sp³-hybridized carbons (Fsp3) is 0.222. The average Bonchev–Trinajstić information content (AvgIpc) is 2.67. The van der Waals surface area contributed by atoms with E-state index < -0.39 is 50.2 Å². The minimum absolute atomic E-state index is 0.167. The van der Waals surface area contributed by atoms with Gasteiger partial charge in [-0.1, -0.05) is 6.07 Å². The molecular formula is C18H14F5NO5S. The van der Waals surface area contributed by atoms with Crippen LogP contribution in [0.4, 0.5) is 27.6 Å². The second kappa shape index (κ2) is 8.78. The molecule has 2 aromatic rings. The summed E-state index contributed by atoms with van der Waals surface area (Å²) in [6.07, 6.45) is -6.03. The van der Waals surface area contributed by atoms with Gasteiger partial charge >= 0.3 is 17.9 Å². The lowest BCUT2D eigenvalue weighted by Gasteiger charge is -2.15. The van der Waals surface area contributed by atoms with Crippen LogP contribution >= 0.6 is 0 Å². The van der Waals surface area contributed by atoms with E-state index in [-0.39, 0.29) is 11.3 Å². The van der Waals surface area contributed by atoms with Crippen LogP contribution in [0.2, 0.25) is 0 Å². The minimum Gasteiger partial charge on any atom is -0.449 e. The Morgan fingerprint density at radius 2 is 1.63 bits per heavy atom. The second-order valence-corrected chi connectivity index (χ2v) is 7.86. The van der Waals surface area contributed by atoms with Crippen LogP contribution in [0, 0.1) is 0 Å². The van der Waals surface area contributed by atoms with Gasteiger partial charge in [-0.05, 0) is 49.4 Å². The highest BCUT2D eigenvalue weighted by Crippen LogP contribution is 2.30. The molecule has 162 valence electrons. The summed E-state index contributed by atoms with van der Waals surface area (Å²) in [5.74, 6) is -5.61. The summed E-state index contributed by atoms with van der Waals surface area (Å²) in [6, 6.07) is 7.24. The monoisotopic (exact) mass is 451 g/mol. The zero-order valence-corrected chi connectivity index (χ0v) is 15.9. The molecule has 1 unspecified atom stereocenters. The number of anilines is 1. The lowest BCUT2D eigenvalue weighted by Crippen LogP contribution is -2.30. The molecule has 2 rings (SSSR count). The van der Waals surface area contributed by atoms with Crippen LogP contribution in [0.15, 0.2) is 53.4 Å². The van der Waals surface area contributed by atoms with Crippen molar-refractivity contribution in [2.45, 2.75) is 29.9 Å². The van der Waals surface area contributed by atoms with Crippen molar-refractivity contribution in [3.05, 3.63) is 59.7 Å². The molecule has 0 aliphatic heterocycles. The molecule has 12 heteroatoms. The van der Waals surface area contributed by atoms with Crippen LogP contribution < -0.4 is 5.32 Å². The van der Waals surface area contributed by atoms with Gasteiger partial charge in [0.15, 0.2) is 6.10 Å². The Hall–Kier alpha value is -3.02. The van der Waals surface area contributed by atoms with Crippen molar-refractivity contribution in [3.63, 3.8) is 0 Å². The number of halogens is 5. The van der Waals surface area contributed by atoms with E-state index in [2.05, 4.69) is 5.32 Å². The number of carbonyl (C=O) groups excluding carboxylic acids is 2. The van der Waals surface area contributed by atoms with Crippen molar-refractivity contribution >= 4 is 27.4 Å². The first kappa shape index (κ1) is 23.3. The molecule has 6 nitrogen and oxygen atoms in total. The molecule has 1 N–H and O–H groups in total. The van der Waals surface area contributed by atoms with Crippen molar-refractivity contribution < 1.29 is 44.7 Å². The number of nitrogens with one attached hydrogen (secondary N) is 1. The fourth-order valence-corrected chi connectivity index (χ4v) is 2.90. The number of benzene rings is 2. The van der Waals surface area contributed by atoms with E-state index in [0.717, 1.165) is 43.3 Å². The Morgan fingerprint density at radius 1 is 1.03 bits per heavy atom. The van der Waals surface area contributed by atoms with Crippen molar-refractivity contribution in [1.82, 2.24) is 0 Å². The predicted molar refractivity (Wildman–Crippen MR) is 94.6 cm³/mol. The Labute approximate surface area is 167 Å². The number of amides is 1. The molecule has 30 heavy (non-hydrogen) atoms. The van der Waals surface area contributed by atoms with Crippen LogP contribution in [0.1, 0.15) is 22.8 Å². The van der Waals surface area contributed by atoms with Gasteiger partial charge in [0, 0.05) is 5.69 Å². The molecule has 1 amide bonds. The quantitative estimate of drug-likeness (QED) is 0.532. The normalized spacial score (nSPS) is 13.0. The van der Waals surface area contributed by atoms with Crippen LogP contribution in [0.5, 0.6) is 0 Å². The number of rotatable bonds is 6. The van der Waals surface area contributed by atoms with Gasteiger partial charge in [-0.25, -0.2) is 13.2 Å². The standard InChI is InChI=1S/C18H14F5NO5S/c1-10(15(25)24-13-4-2-3-12(9-13)18(21,22)23)29-16(26)11-5-7-14(8-6-11)30(27,28)17(19)20/h2-10,17H,1H3,(H,24,25). The molecule has 0 saturated carbocycles. The molecule has 0 aliphatic carbocycles. The molecule has 0 bridgehead atoms. The largest absolute Gasteiger partial charge is 0.449 e. The van der Waals surface area contributed by atoms with Gasteiger partial charge in [0.1, 0.15) is 0 Å². The van der Waals surface area contributed by atoms with Gasteiger partial charge < -0.3 is 10.1 Å². The molecule has 0 spiro atoms. The van der Waals surface area contributed by atoms with Crippen LogP contribution in [-0.4, -0.2) is 32.2 Å². The zero-order valence-electron chi connectivity index (χ0n) is 15.1. The smallest absolute Gasteiger partial charge is 0.416 e. The van der Waals surface area contributed by atoms with Gasteiger partial charge in [-0.2, -0.15) is 22.0 Å². The van der Waals surface area contributed by atoms with E-state index in [4.69, 9.17) is 4.74 Å². The van der Waals surface area contributed by atoms with Crippen LogP contribution in [-0.2, 0) is 25.5 Å². The summed E-state index contributed by atoms with van der Waals surface area (Å²) >= 11 is 0. The number of esters is 1. The number of hydrogen-bond donors (Lipinski definition) is 1. The maximum atomic E-state index is 12.7. The van der Waals surface area contributed by atoms with Crippen molar-refractivity contribution in [1.29, 1.82) is 0 Å². The first-order valence-electron chi connectivity index (χ1n) is 8.13. The average molecular weight is 451 g/mol. The Bertz CT molecular complexity index is 1040. The topological polar surface area (TPSA) is 89.5 Å². The van der Waals surface area contributed by atoms with E-state index in [9.17, 15) is 40.0 Å². The number of carbonyl (C=O) groups is 2. The lowest BCUT2D eigenvalue weighted by atomic mass is 10.2. The summed E-state index contributed by atoms with van der Waals surface area (Å²) in [5, 5.41) is 2.17. The van der Waals surface area contributed by atoms with Crippen molar-refractivity contribution in [3.8, 4) is 0 Å². The second-order valence-electron chi connectivity index (χ2n) is 5.95. The first-order chi connectivity index (χ1) is 13.8. The maximum Gasteiger partial charge on any atom is 0.416 e.